The molecule has 0 spiro atoms. The molecule has 0 aliphatic heterocycles. The second-order valence-electron chi connectivity index (χ2n) is 3.48. The van der Waals surface area contributed by atoms with E-state index in [9.17, 15) is 14.5 Å². The van der Waals surface area contributed by atoms with Crippen LogP contribution in [0.3, 0.4) is 0 Å². The summed E-state index contributed by atoms with van der Waals surface area (Å²) in [5.74, 6) is -0.799. The highest BCUT2D eigenvalue weighted by molar-refractivity contribution is 5.30. The van der Waals surface area contributed by atoms with Gasteiger partial charge in [-0.05, 0) is 6.08 Å². The molecule has 0 amide bonds. The smallest absolute Gasteiger partial charge is 0.258 e. The molecule has 0 aromatic carbocycles. The van der Waals surface area contributed by atoms with Crippen molar-refractivity contribution in [3.05, 3.63) is 45.9 Å². The molecule has 3 nitrogen and oxygen atoms in total. The molecule has 70 valence electrons. The summed E-state index contributed by atoms with van der Waals surface area (Å²) in [7, 11) is 0. The summed E-state index contributed by atoms with van der Waals surface area (Å²) in [4.78, 5) is 9.63. The van der Waals surface area contributed by atoms with Gasteiger partial charge in [-0.2, -0.15) is 4.39 Å². The van der Waals surface area contributed by atoms with E-state index < -0.39 is 16.4 Å². The maximum atomic E-state index is 13.0. The average Bonchev–Trinajstić information content (AvgIpc) is 2.11. The Bertz CT molecular complexity index is 327. The van der Waals surface area contributed by atoms with Crippen LogP contribution < -0.4 is 0 Å². The zero-order valence-corrected chi connectivity index (χ0v) is 7.45. The molecule has 0 heterocycles. The second-order valence-corrected chi connectivity index (χ2v) is 3.48. The quantitative estimate of drug-likeness (QED) is 0.463. The third-order valence-electron chi connectivity index (χ3n) is 1.77. The molecule has 4 heteroatoms. The number of halogens is 1. The summed E-state index contributed by atoms with van der Waals surface area (Å²) in [5.41, 5.74) is -0.823. The van der Waals surface area contributed by atoms with Gasteiger partial charge in [0.25, 0.3) is 0 Å². The Hall–Kier alpha value is -1.45. The van der Waals surface area contributed by atoms with Crippen LogP contribution in [0.5, 0.6) is 0 Å². The highest BCUT2D eigenvalue weighted by atomic mass is 19.1. The van der Waals surface area contributed by atoms with Crippen molar-refractivity contribution in [3.8, 4) is 0 Å². The van der Waals surface area contributed by atoms with Crippen LogP contribution in [0, 0.1) is 15.5 Å². The second kappa shape index (κ2) is 3.12. The van der Waals surface area contributed by atoms with E-state index in [1.54, 1.807) is 12.2 Å². The van der Waals surface area contributed by atoms with Crippen LogP contribution in [0.4, 0.5) is 4.39 Å². The zero-order chi connectivity index (χ0) is 10.1. The van der Waals surface area contributed by atoms with Crippen molar-refractivity contribution >= 4 is 0 Å². The van der Waals surface area contributed by atoms with Gasteiger partial charge < -0.3 is 0 Å². The molecule has 0 aromatic heterocycles. The summed E-state index contributed by atoms with van der Waals surface area (Å²) >= 11 is 0. The van der Waals surface area contributed by atoms with Gasteiger partial charge in [-0.1, -0.05) is 26.0 Å². The molecule has 0 aromatic rings. The summed E-state index contributed by atoms with van der Waals surface area (Å²) in [5, 5.41) is 10.4. The fourth-order valence-corrected chi connectivity index (χ4v) is 0.950. The minimum atomic E-state index is -0.799. The molecule has 0 unspecified atom stereocenters. The molecule has 0 saturated carbocycles. The van der Waals surface area contributed by atoms with E-state index in [4.69, 9.17) is 0 Å². The highest BCUT2D eigenvalue weighted by Crippen LogP contribution is 2.25. The zero-order valence-electron chi connectivity index (χ0n) is 7.45. The summed E-state index contributed by atoms with van der Waals surface area (Å²) in [6, 6.07) is 0. The molecule has 0 bridgehead atoms. The number of rotatable bonds is 1. The van der Waals surface area contributed by atoms with Crippen molar-refractivity contribution < 1.29 is 9.31 Å². The van der Waals surface area contributed by atoms with Crippen molar-refractivity contribution in [1.82, 2.24) is 0 Å². The molecule has 0 atom stereocenters. The first-order chi connectivity index (χ1) is 5.92. The molecule has 0 saturated heterocycles. The van der Waals surface area contributed by atoms with E-state index >= 15 is 0 Å². The van der Waals surface area contributed by atoms with Crippen LogP contribution in [0.2, 0.25) is 0 Å². The van der Waals surface area contributed by atoms with Crippen LogP contribution >= 0.6 is 0 Å². The van der Waals surface area contributed by atoms with Crippen LogP contribution in [0.15, 0.2) is 35.8 Å². The van der Waals surface area contributed by atoms with Crippen molar-refractivity contribution in [3.63, 3.8) is 0 Å². The fourth-order valence-electron chi connectivity index (χ4n) is 0.950. The van der Waals surface area contributed by atoms with Crippen LogP contribution in [0.25, 0.3) is 0 Å². The maximum Gasteiger partial charge on any atom is 0.304 e. The largest absolute Gasteiger partial charge is 0.304 e. The van der Waals surface area contributed by atoms with E-state index in [-0.39, 0.29) is 5.41 Å². The number of nitrogens with zero attached hydrogens (tertiary/aromatic N) is 1. The van der Waals surface area contributed by atoms with Gasteiger partial charge in [-0.3, -0.25) is 10.1 Å². The monoisotopic (exact) mass is 183 g/mol. The molecule has 13 heavy (non-hydrogen) atoms. The summed E-state index contributed by atoms with van der Waals surface area (Å²) < 4.78 is 13.0. The minimum Gasteiger partial charge on any atom is -0.258 e. The molecule has 0 radical (unpaired) electrons. The van der Waals surface area contributed by atoms with Crippen molar-refractivity contribution in [2.75, 3.05) is 0 Å². The fraction of sp³-hybridized carbons (Fsp3) is 0.333. The predicted molar refractivity (Wildman–Crippen MR) is 47.2 cm³/mol. The lowest BCUT2D eigenvalue weighted by Gasteiger charge is -2.11. The Labute approximate surface area is 75.4 Å². The lowest BCUT2D eigenvalue weighted by Crippen LogP contribution is -2.01. The van der Waals surface area contributed by atoms with Gasteiger partial charge >= 0.3 is 5.70 Å². The lowest BCUT2D eigenvalue weighted by molar-refractivity contribution is -0.421. The molecular formula is C9H10FNO2. The van der Waals surface area contributed by atoms with Gasteiger partial charge in [0, 0.05) is 11.5 Å². The first-order valence-corrected chi connectivity index (χ1v) is 3.85. The molecule has 1 rings (SSSR count). The predicted octanol–water partition coefficient (Wildman–Crippen LogP) is 2.60. The first-order valence-electron chi connectivity index (χ1n) is 3.85. The van der Waals surface area contributed by atoms with Crippen LogP contribution in [-0.4, -0.2) is 4.92 Å². The Morgan fingerprint density at radius 3 is 2.46 bits per heavy atom. The Kier molecular flexibility index (Phi) is 2.32. The number of nitro groups is 1. The lowest BCUT2D eigenvalue weighted by atomic mass is 9.93. The van der Waals surface area contributed by atoms with Gasteiger partial charge in [0.15, 0.2) is 5.83 Å². The summed E-state index contributed by atoms with van der Waals surface area (Å²) in [6.45, 7) is 3.69. The van der Waals surface area contributed by atoms with E-state index in [1.165, 1.54) is 6.08 Å². The maximum absolute atomic E-state index is 13.0. The van der Waals surface area contributed by atoms with Gasteiger partial charge in [0.1, 0.15) is 0 Å². The highest BCUT2D eigenvalue weighted by Gasteiger charge is 2.20. The van der Waals surface area contributed by atoms with E-state index in [2.05, 4.69) is 0 Å². The third-order valence-corrected chi connectivity index (χ3v) is 1.77. The summed E-state index contributed by atoms with van der Waals surface area (Å²) in [6.07, 6.45) is 5.54. The van der Waals surface area contributed by atoms with Gasteiger partial charge in [-0.25, -0.2) is 0 Å². The number of hydrogen-bond donors (Lipinski definition) is 0. The van der Waals surface area contributed by atoms with Gasteiger partial charge in [-0.15, -0.1) is 0 Å². The number of hydrogen-bond acceptors (Lipinski definition) is 2. The molecule has 1 aliphatic rings. The SMILES string of the molecule is CC1(C)C=CC(F)=C([N+](=O)[O-])C=C1. The topological polar surface area (TPSA) is 43.1 Å². The third kappa shape index (κ3) is 2.24. The Morgan fingerprint density at radius 1 is 1.38 bits per heavy atom. The Balaban J connectivity index is 3.12. The number of allylic oxidation sites excluding steroid dienone is 5. The van der Waals surface area contributed by atoms with Crippen molar-refractivity contribution in [2.24, 2.45) is 5.41 Å². The van der Waals surface area contributed by atoms with Gasteiger partial charge in [0.2, 0.25) is 0 Å². The molecule has 0 fully saturated rings. The van der Waals surface area contributed by atoms with E-state index in [1.807, 2.05) is 13.8 Å². The van der Waals surface area contributed by atoms with Crippen LogP contribution in [-0.2, 0) is 0 Å². The first kappa shape index (κ1) is 9.64. The van der Waals surface area contributed by atoms with E-state index in [0.717, 1.165) is 6.08 Å². The standard InChI is InChI=1S/C9H10FNO2/c1-9(2)5-3-7(10)8(4-6-9)11(12)13/h3-6H,1-2H3. The van der Waals surface area contributed by atoms with Crippen LogP contribution in [0.1, 0.15) is 13.8 Å². The van der Waals surface area contributed by atoms with Crippen molar-refractivity contribution in [1.29, 1.82) is 0 Å². The average molecular weight is 183 g/mol. The molecular weight excluding hydrogens is 173 g/mol. The van der Waals surface area contributed by atoms with Gasteiger partial charge in [0.05, 0.1) is 4.92 Å². The molecule has 1 aliphatic carbocycles. The van der Waals surface area contributed by atoms with E-state index in [0.29, 0.717) is 0 Å². The Morgan fingerprint density at radius 2 is 1.92 bits per heavy atom. The normalized spacial score (nSPS) is 20.2. The molecule has 0 N–H and O–H groups in total. The minimum absolute atomic E-state index is 0.338. The van der Waals surface area contributed by atoms with Crippen molar-refractivity contribution in [2.45, 2.75) is 13.8 Å².